The van der Waals surface area contributed by atoms with Gasteiger partial charge in [-0.15, -0.1) is 0 Å². The highest BCUT2D eigenvalue weighted by Gasteiger charge is 2.02. The molecule has 0 amide bonds. The number of ether oxygens (including phenoxy) is 1. The van der Waals surface area contributed by atoms with Crippen LogP contribution in [0, 0.1) is 17.1 Å². The van der Waals surface area contributed by atoms with Crippen molar-refractivity contribution in [3.8, 4) is 11.8 Å². The molecule has 0 saturated heterocycles. The molecule has 108 valence electrons. The molecule has 0 aromatic heterocycles. The standard InChI is InChI=1S/C17H17FN2O/c1-2-9-21-16-6-3-13(4-7-16)12-20-15-5-8-17(18)14(10-15)11-19/h3-8,10,20H,2,9,12H2,1H3. The molecule has 0 bridgehead atoms. The lowest BCUT2D eigenvalue weighted by atomic mass is 10.2. The second-order valence-electron chi connectivity index (χ2n) is 4.65. The molecule has 0 aliphatic heterocycles. The summed E-state index contributed by atoms with van der Waals surface area (Å²) in [6.07, 6.45) is 0.981. The van der Waals surface area contributed by atoms with Crippen LogP contribution in [0.25, 0.3) is 0 Å². The molecular formula is C17H17FN2O. The minimum atomic E-state index is -0.500. The molecule has 0 saturated carbocycles. The topological polar surface area (TPSA) is 45.0 Å². The number of benzene rings is 2. The van der Waals surface area contributed by atoms with Crippen LogP contribution in [-0.2, 0) is 6.54 Å². The normalized spacial score (nSPS) is 9.95. The Labute approximate surface area is 124 Å². The SMILES string of the molecule is CCCOc1ccc(CNc2ccc(F)c(C#N)c2)cc1. The lowest BCUT2D eigenvalue weighted by Gasteiger charge is -2.09. The Morgan fingerprint density at radius 3 is 2.62 bits per heavy atom. The first-order valence-corrected chi connectivity index (χ1v) is 6.88. The number of nitrogens with zero attached hydrogens (tertiary/aromatic N) is 1. The van der Waals surface area contributed by atoms with Crippen LogP contribution >= 0.6 is 0 Å². The zero-order valence-corrected chi connectivity index (χ0v) is 11.9. The van der Waals surface area contributed by atoms with Crippen LogP contribution in [0.4, 0.5) is 10.1 Å². The van der Waals surface area contributed by atoms with Crippen molar-refractivity contribution >= 4 is 5.69 Å². The predicted octanol–water partition coefficient (Wildman–Crippen LogP) is 4.10. The van der Waals surface area contributed by atoms with E-state index in [2.05, 4.69) is 12.2 Å². The third-order valence-electron chi connectivity index (χ3n) is 2.98. The van der Waals surface area contributed by atoms with Gasteiger partial charge in [-0.3, -0.25) is 0 Å². The van der Waals surface area contributed by atoms with Crippen molar-refractivity contribution in [2.45, 2.75) is 19.9 Å². The first-order chi connectivity index (χ1) is 10.2. The Morgan fingerprint density at radius 1 is 1.19 bits per heavy atom. The molecule has 21 heavy (non-hydrogen) atoms. The molecule has 3 nitrogen and oxygen atoms in total. The van der Waals surface area contributed by atoms with Gasteiger partial charge in [0, 0.05) is 12.2 Å². The smallest absolute Gasteiger partial charge is 0.141 e. The maximum Gasteiger partial charge on any atom is 0.141 e. The third-order valence-corrected chi connectivity index (χ3v) is 2.98. The number of halogens is 1. The number of nitrogens with one attached hydrogen (secondary N) is 1. The van der Waals surface area contributed by atoms with Crippen molar-refractivity contribution in [3.63, 3.8) is 0 Å². The van der Waals surface area contributed by atoms with E-state index >= 15 is 0 Å². The Balaban J connectivity index is 1.95. The molecule has 0 unspecified atom stereocenters. The van der Waals surface area contributed by atoms with Gasteiger partial charge in [0.25, 0.3) is 0 Å². The van der Waals surface area contributed by atoms with Crippen molar-refractivity contribution in [3.05, 3.63) is 59.4 Å². The molecule has 1 N–H and O–H groups in total. The second kappa shape index (κ2) is 7.30. The molecule has 2 aromatic rings. The molecule has 2 rings (SSSR count). The fourth-order valence-electron chi connectivity index (χ4n) is 1.85. The van der Waals surface area contributed by atoms with Crippen LogP contribution in [0.15, 0.2) is 42.5 Å². The van der Waals surface area contributed by atoms with Crippen molar-refractivity contribution in [1.82, 2.24) is 0 Å². The average Bonchev–Trinajstić information content (AvgIpc) is 2.53. The summed E-state index contributed by atoms with van der Waals surface area (Å²) in [6, 6.07) is 14.1. The predicted molar refractivity (Wildman–Crippen MR) is 80.7 cm³/mol. The average molecular weight is 284 g/mol. The Kier molecular flexibility index (Phi) is 5.16. The molecule has 0 atom stereocenters. The summed E-state index contributed by atoms with van der Waals surface area (Å²) in [6.45, 7) is 3.38. The first-order valence-electron chi connectivity index (χ1n) is 6.88. The van der Waals surface area contributed by atoms with Crippen molar-refractivity contribution in [2.75, 3.05) is 11.9 Å². The number of hydrogen-bond acceptors (Lipinski definition) is 3. The fraction of sp³-hybridized carbons (Fsp3) is 0.235. The van der Waals surface area contributed by atoms with Crippen LogP contribution in [0.3, 0.4) is 0 Å². The monoisotopic (exact) mass is 284 g/mol. The lowest BCUT2D eigenvalue weighted by molar-refractivity contribution is 0.317. The van der Waals surface area contributed by atoms with Gasteiger partial charge in [-0.2, -0.15) is 5.26 Å². The number of nitriles is 1. The van der Waals surface area contributed by atoms with E-state index in [0.29, 0.717) is 13.2 Å². The fourth-order valence-corrected chi connectivity index (χ4v) is 1.85. The Bertz CT molecular complexity index is 632. The minimum Gasteiger partial charge on any atom is -0.494 e. The van der Waals surface area contributed by atoms with Gasteiger partial charge < -0.3 is 10.1 Å². The van der Waals surface area contributed by atoms with E-state index in [1.54, 1.807) is 6.07 Å². The van der Waals surface area contributed by atoms with Gasteiger partial charge in [-0.05, 0) is 42.3 Å². The second-order valence-corrected chi connectivity index (χ2v) is 4.65. The quantitative estimate of drug-likeness (QED) is 0.868. The molecule has 0 aliphatic carbocycles. The van der Waals surface area contributed by atoms with Gasteiger partial charge in [-0.25, -0.2) is 4.39 Å². The number of hydrogen-bond donors (Lipinski definition) is 1. The molecule has 0 spiro atoms. The van der Waals surface area contributed by atoms with E-state index in [1.807, 2.05) is 30.3 Å². The van der Waals surface area contributed by atoms with Crippen LogP contribution in [0.2, 0.25) is 0 Å². The first kappa shape index (κ1) is 14.9. The van der Waals surface area contributed by atoms with E-state index in [9.17, 15) is 4.39 Å². The summed E-state index contributed by atoms with van der Waals surface area (Å²) in [4.78, 5) is 0. The summed E-state index contributed by atoms with van der Waals surface area (Å²) in [5.74, 6) is 0.356. The molecule has 0 heterocycles. The Hall–Kier alpha value is -2.54. The maximum absolute atomic E-state index is 13.2. The molecular weight excluding hydrogens is 267 g/mol. The summed E-state index contributed by atoms with van der Waals surface area (Å²) < 4.78 is 18.7. The largest absolute Gasteiger partial charge is 0.494 e. The molecule has 0 radical (unpaired) electrons. The number of anilines is 1. The van der Waals surface area contributed by atoms with Crippen LogP contribution in [0.5, 0.6) is 5.75 Å². The van der Waals surface area contributed by atoms with E-state index in [0.717, 1.165) is 23.4 Å². The maximum atomic E-state index is 13.2. The molecule has 4 heteroatoms. The highest BCUT2D eigenvalue weighted by molar-refractivity contribution is 5.50. The van der Waals surface area contributed by atoms with Gasteiger partial charge in [0.2, 0.25) is 0 Å². The van der Waals surface area contributed by atoms with Crippen LogP contribution in [0.1, 0.15) is 24.5 Å². The van der Waals surface area contributed by atoms with E-state index in [4.69, 9.17) is 10.00 Å². The molecule has 0 fully saturated rings. The van der Waals surface area contributed by atoms with E-state index in [-0.39, 0.29) is 5.56 Å². The van der Waals surface area contributed by atoms with Crippen molar-refractivity contribution in [1.29, 1.82) is 5.26 Å². The summed E-state index contributed by atoms with van der Waals surface area (Å²) in [7, 11) is 0. The van der Waals surface area contributed by atoms with Gasteiger partial charge >= 0.3 is 0 Å². The third kappa shape index (κ3) is 4.22. The molecule has 0 aliphatic rings. The van der Waals surface area contributed by atoms with Crippen molar-refractivity contribution in [2.24, 2.45) is 0 Å². The van der Waals surface area contributed by atoms with E-state index in [1.165, 1.54) is 12.1 Å². The van der Waals surface area contributed by atoms with Gasteiger partial charge in [0.05, 0.1) is 12.2 Å². The zero-order chi connectivity index (χ0) is 15.1. The highest BCUT2D eigenvalue weighted by Crippen LogP contribution is 2.16. The summed E-state index contributed by atoms with van der Waals surface area (Å²) >= 11 is 0. The minimum absolute atomic E-state index is 0.0447. The van der Waals surface area contributed by atoms with Gasteiger partial charge in [0.15, 0.2) is 0 Å². The van der Waals surface area contributed by atoms with Crippen molar-refractivity contribution < 1.29 is 9.13 Å². The van der Waals surface area contributed by atoms with E-state index < -0.39 is 5.82 Å². The van der Waals surface area contributed by atoms with Gasteiger partial charge in [0.1, 0.15) is 17.6 Å². The van der Waals surface area contributed by atoms with Gasteiger partial charge in [-0.1, -0.05) is 19.1 Å². The zero-order valence-electron chi connectivity index (χ0n) is 11.9. The highest BCUT2D eigenvalue weighted by atomic mass is 19.1. The summed E-state index contributed by atoms with van der Waals surface area (Å²) in [5.41, 5.74) is 1.85. The molecule has 2 aromatic carbocycles. The van der Waals surface area contributed by atoms with Crippen LogP contribution < -0.4 is 10.1 Å². The summed E-state index contributed by atoms with van der Waals surface area (Å²) in [5, 5.41) is 12.0. The lowest BCUT2D eigenvalue weighted by Crippen LogP contribution is -2.00. The van der Waals surface area contributed by atoms with Crippen LogP contribution in [-0.4, -0.2) is 6.61 Å². The number of rotatable bonds is 6. The Morgan fingerprint density at radius 2 is 1.95 bits per heavy atom.